The Morgan fingerprint density at radius 2 is 1.35 bits per heavy atom. The predicted octanol–water partition coefficient (Wildman–Crippen LogP) is -1.25. The molecule has 1 heterocycles. The zero-order chi connectivity index (χ0) is 16.6. The summed E-state index contributed by atoms with van der Waals surface area (Å²) in [4.78, 5) is 2.41. The summed E-state index contributed by atoms with van der Waals surface area (Å²) < 4.78 is 65.7. The standard InChI is InChI=1S/C8H19N2.2H2O4S/c1-4-10(3)7-5-9(2)6-8-10;2*1-5(2,3)4/h4-8H2,1-3H3;2*(H2,1,2,3,4)/q+1;;/p-1. The molecule has 12 heteroatoms. The molecule has 124 valence electrons. The molecule has 0 radical (unpaired) electrons. The van der Waals surface area contributed by atoms with E-state index in [1.54, 1.807) is 0 Å². The maximum absolute atomic E-state index is 8.74. The number of quaternary nitrogens is 1. The zero-order valence-corrected chi connectivity index (χ0v) is 13.3. The van der Waals surface area contributed by atoms with Crippen LogP contribution in [0.1, 0.15) is 6.92 Å². The van der Waals surface area contributed by atoms with Crippen LogP contribution in [0.3, 0.4) is 0 Å². The average Bonchev–Trinajstić information content (AvgIpc) is 2.18. The number of hydrogen-bond acceptors (Lipinski definition) is 6. The fourth-order valence-corrected chi connectivity index (χ4v) is 1.36. The normalized spacial score (nSPS) is 19.1. The van der Waals surface area contributed by atoms with Gasteiger partial charge >= 0.3 is 10.4 Å². The molecule has 0 aliphatic carbocycles. The molecule has 0 unspecified atom stereocenters. The van der Waals surface area contributed by atoms with Crippen LogP contribution in [0, 0.1) is 0 Å². The van der Waals surface area contributed by atoms with E-state index in [9.17, 15) is 0 Å². The summed E-state index contributed by atoms with van der Waals surface area (Å²) in [7, 11) is -5.02. The van der Waals surface area contributed by atoms with Crippen molar-refractivity contribution in [2.24, 2.45) is 0 Å². The third-order valence-electron chi connectivity index (χ3n) is 2.81. The number of hydrogen-bond donors (Lipinski definition) is 3. The Hall–Kier alpha value is -0.340. The van der Waals surface area contributed by atoms with Crippen LogP contribution >= 0.6 is 0 Å². The molecule has 3 N–H and O–H groups in total. The van der Waals surface area contributed by atoms with Gasteiger partial charge in [0.1, 0.15) is 0 Å². The Kier molecular flexibility index (Phi) is 9.70. The lowest BCUT2D eigenvalue weighted by Gasteiger charge is -2.40. The molecule has 0 atom stereocenters. The van der Waals surface area contributed by atoms with Crippen molar-refractivity contribution < 1.29 is 39.5 Å². The van der Waals surface area contributed by atoms with Crippen molar-refractivity contribution in [2.45, 2.75) is 6.92 Å². The second-order valence-corrected chi connectivity index (χ2v) is 6.31. The summed E-state index contributed by atoms with van der Waals surface area (Å²) in [5, 5.41) is 0. The number of rotatable bonds is 1. The number of piperazine rings is 1. The largest absolute Gasteiger partial charge is 0.726 e. The van der Waals surface area contributed by atoms with Gasteiger partial charge in [0, 0.05) is 13.1 Å². The zero-order valence-electron chi connectivity index (χ0n) is 11.6. The number of likely N-dealkylation sites (N-methyl/N-ethyl adjacent to an activating group) is 2. The van der Waals surface area contributed by atoms with Crippen molar-refractivity contribution in [3.8, 4) is 0 Å². The predicted molar refractivity (Wildman–Crippen MR) is 70.5 cm³/mol. The lowest BCUT2D eigenvalue weighted by atomic mass is 10.3. The van der Waals surface area contributed by atoms with E-state index in [1.807, 2.05) is 0 Å². The van der Waals surface area contributed by atoms with E-state index in [2.05, 4.69) is 25.9 Å². The SMILES string of the molecule is CC[N+]1(C)CCN(C)CC1.O=S(=O)(O)O.O=S(=O)([O-])O. The fourth-order valence-electron chi connectivity index (χ4n) is 1.36. The molecule has 0 amide bonds. The van der Waals surface area contributed by atoms with Crippen LogP contribution in [0.4, 0.5) is 0 Å². The quantitative estimate of drug-likeness (QED) is 0.302. The molecule has 20 heavy (non-hydrogen) atoms. The lowest BCUT2D eigenvalue weighted by molar-refractivity contribution is -0.911. The molecule has 0 aromatic rings. The van der Waals surface area contributed by atoms with Gasteiger partial charge in [-0.25, -0.2) is 8.42 Å². The van der Waals surface area contributed by atoms with E-state index in [0.29, 0.717) is 0 Å². The van der Waals surface area contributed by atoms with Gasteiger partial charge in [0.15, 0.2) is 0 Å². The molecular formula is C8H22N2O8S2. The maximum atomic E-state index is 8.74. The first-order chi connectivity index (χ1) is 8.66. The van der Waals surface area contributed by atoms with Crippen LogP contribution < -0.4 is 0 Å². The first-order valence-electron chi connectivity index (χ1n) is 5.56. The van der Waals surface area contributed by atoms with Crippen LogP contribution in [-0.2, 0) is 20.8 Å². The van der Waals surface area contributed by atoms with E-state index in [-0.39, 0.29) is 0 Å². The minimum absolute atomic E-state index is 1.27. The van der Waals surface area contributed by atoms with Crippen LogP contribution in [0.25, 0.3) is 0 Å². The Morgan fingerprint density at radius 3 is 1.55 bits per heavy atom. The Bertz CT molecular complexity index is 407. The fraction of sp³-hybridized carbons (Fsp3) is 1.00. The van der Waals surface area contributed by atoms with Crippen LogP contribution in [0.15, 0.2) is 0 Å². The second-order valence-electron chi connectivity index (χ2n) is 4.56. The van der Waals surface area contributed by atoms with Crippen molar-refractivity contribution in [1.29, 1.82) is 0 Å². The summed E-state index contributed by atoms with van der Waals surface area (Å²) in [5.41, 5.74) is 0. The Labute approximate surface area is 119 Å². The summed E-state index contributed by atoms with van der Waals surface area (Å²) in [6.45, 7) is 8.76. The summed E-state index contributed by atoms with van der Waals surface area (Å²) in [6.07, 6.45) is 0. The van der Waals surface area contributed by atoms with Gasteiger partial charge in [-0.2, -0.15) is 8.42 Å². The molecule has 0 spiro atoms. The van der Waals surface area contributed by atoms with Crippen molar-refractivity contribution in [3.63, 3.8) is 0 Å². The second kappa shape index (κ2) is 8.84. The van der Waals surface area contributed by atoms with Gasteiger partial charge in [0.05, 0.1) is 26.7 Å². The Morgan fingerprint density at radius 1 is 1.10 bits per heavy atom. The van der Waals surface area contributed by atoms with E-state index in [4.69, 9.17) is 35.0 Å². The first kappa shape index (κ1) is 21.9. The van der Waals surface area contributed by atoms with Gasteiger partial charge in [0.2, 0.25) is 10.4 Å². The van der Waals surface area contributed by atoms with Crippen LogP contribution in [0.2, 0.25) is 0 Å². The highest BCUT2D eigenvalue weighted by atomic mass is 32.3. The monoisotopic (exact) mass is 338 g/mol. The lowest BCUT2D eigenvalue weighted by Crippen LogP contribution is -2.56. The van der Waals surface area contributed by atoms with Gasteiger partial charge in [-0.1, -0.05) is 0 Å². The minimum Gasteiger partial charge on any atom is -0.726 e. The van der Waals surface area contributed by atoms with Crippen molar-refractivity contribution in [3.05, 3.63) is 0 Å². The Balaban J connectivity index is 0. The molecule has 0 saturated carbocycles. The summed E-state index contributed by atoms with van der Waals surface area (Å²) >= 11 is 0. The molecule has 1 fully saturated rings. The van der Waals surface area contributed by atoms with E-state index < -0.39 is 20.8 Å². The first-order valence-corrected chi connectivity index (χ1v) is 8.33. The van der Waals surface area contributed by atoms with E-state index in [0.717, 1.165) is 0 Å². The third-order valence-corrected chi connectivity index (χ3v) is 2.81. The highest BCUT2D eigenvalue weighted by molar-refractivity contribution is 7.80. The van der Waals surface area contributed by atoms with Gasteiger partial charge < -0.3 is 9.04 Å². The maximum Gasteiger partial charge on any atom is 0.394 e. The highest BCUT2D eigenvalue weighted by Gasteiger charge is 2.24. The van der Waals surface area contributed by atoms with Crippen molar-refractivity contribution in [1.82, 2.24) is 4.90 Å². The molecule has 0 aromatic heterocycles. The topological polar surface area (TPSA) is 155 Å². The smallest absolute Gasteiger partial charge is 0.394 e. The summed E-state index contributed by atoms with van der Waals surface area (Å²) in [5.74, 6) is 0. The molecule has 1 aliphatic rings. The van der Waals surface area contributed by atoms with Crippen LogP contribution in [0.5, 0.6) is 0 Å². The van der Waals surface area contributed by atoms with Crippen molar-refractivity contribution >= 4 is 20.8 Å². The van der Waals surface area contributed by atoms with E-state index in [1.165, 1.54) is 37.2 Å². The van der Waals surface area contributed by atoms with Gasteiger partial charge in [-0.3, -0.25) is 18.6 Å². The number of nitrogens with zero attached hydrogens (tertiary/aromatic N) is 2. The average molecular weight is 338 g/mol. The molecule has 0 bridgehead atoms. The molecule has 10 nitrogen and oxygen atoms in total. The highest BCUT2D eigenvalue weighted by Crippen LogP contribution is 2.06. The van der Waals surface area contributed by atoms with Gasteiger partial charge in [0.25, 0.3) is 0 Å². The molecule has 0 aromatic carbocycles. The molecule has 1 rings (SSSR count). The van der Waals surface area contributed by atoms with Gasteiger partial charge in [-0.15, -0.1) is 0 Å². The third kappa shape index (κ3) is 22.8. The molecule has 1 saturated heterocycles. The molecular weight excluding hydrogens is 316 g/mol. The van der Waals surface area contributed by atoms with Crippen molar-refractivity contribution in [2.75, 3.05) is 46.8 Å². The molecule has 1 aliphatic heterocycles. The summed E-state index contributed by atoms with van der Waals surface area (Å²) in [6, 6.07) is 0. The van der Waals surface area contributed by atoms with E-state index >= 15 is 0 Å². The van der Waals surface area contributed by atoms with Gasteiger partial charge in [-0.05, 0) is 14.0 Å². The minimum atomic E-state index is -4.92. The van der Waals surface area contributed by atoms with Crippen LogP contribution in [-0.4, -0.2) is 91.2 Å².